The van der Waals surface area contributed by atoms with Crippen molar-refractivity contribution in [3.8, 4) is 0 Å². The highest BCUT2D eigenvalue weighted by molar-refractivity contribution is 5.27. The van der Waals surface area contributed by atoms with Gasteiger partial charge in [-0.05, 0) is 48.4 Å². The summed E-state index contributed by atoms with van der Waals surface area (Å²) in [6, 6.07) is 5.08. The first-order valence-corrected chi connectivity index (χ1v) is 6.95. The molecule has 1 N–H and O–H groups in total. The highest BCUT2D eigenvalue weighted by Gasteiger charge is 2.22. The molecule has 0 aliphatic rings. The molecule has 1 aromatic carbocycles. The molecule has 0 bridgehead atoms. The van der Waals surface area contributed by atoms with E-state index in [9.17, 15) is 4.39 Å². The predicted molar refractivity (Wildman–Crippen MR) is 78.0 cm³/mol. The highest BCUT2D eigenvalue weighted by Crippen LogP contribution is 2.27. The molecule has 0 aromatic heterocycles. The van der Waals surface area contributed by atoms with Crippen molar-refractivity contribution in [2.45, 2.75) is 33.6 Å². The lowest BCUT2D eigenvalue weighted by Crippen LogP contribution is -2.35. The van der Waals surface area contributed by atoms with Gasteiger partial charge >= 0.3 is 0 Å². The maximum Gasteiger partial charge on any atom is 0.123 e. The Kier molecular flexibility index (Phi) is 6.46. The topological polar surface area (TPSA) is 21.3 Å². The first kappa shape index (κ1) is 16.1. The second kappa shape index (κ2) is 7.61. The molecule has 0 saturated carbocycles. The van der Waals surface area contributed by atoms with Crippen LogP contribution in [0, 0.1) is 18.2 Å². The zero-order chi connectivity index (χ0) is 14.3. The fourth-order valence-electron chi connectivity index (χ4n) is 2.19. The Balaban J connectivity index is 2.63. The average Bonchev–Trinajstić information content (AvgIpc) is 2.38. The van der Waals surface area contributed by atoms with E-state index in [0.717, 1.165) is 38.1 Å². The van der Waals surface area contributed by atoms with Crippen molar-refractivity contribution < 1.29 is 9.13 Å². The Bertz CT molecular complexity index is 394. The van der Waals surface area contributed by atoms with Gasteiger partial charge in [-0.1, -0.05) is 19.9 Å². The van der Waals surface area contributed by atoms with Crippen LogP contribution in [0.5, 0.6) is 0 Å². The van der Waals surface area contributed by atoms with E-state index in [4.69, 9.17) is 4.74 Å². The zero-order valence-corrected chi connectivity index (χ0v) is 12.6. The maximum atomic E-state index is 13.1. The number of hydrogen-bond acceptors (Lipinski definition) is 2. The largest absolute Gasteiger partial charge is 0.383 e. The smallest absolute Gasteiger partial charge is 0.123 e. The molecule has 0 radical (unpaired) electrons. The van der Waals surface area contributed by atoms with E-state index in [0.29, 0.717) is 0 Å². The molecule has 0 spiro atoms. The minimum atomic E-state index is -0.155. The standard InChI is InChI=1S/C16H26FNO/c1-5-16(3,12-18-8-9-19-4)11-14-6-7-15(17)10-13(14)2/h6-7,10,18H,5,8-9,11-12H2,1-4H3. The van der Waals surface area contributed by atoms with Gasteiger partial charge in [-0.3, -0.25) is 0 Å². The summed E-state index contributed by atoms with van der Waals surface area (Å²) in [5.74, 6) is -0.155. The van der Waals surface area contributed by atoms with Gasteiger partial charge in [0.2, 0.25) is 0 Å². The zero-order valence-electron chi connectivity index (χ0n) is 12.6. The molecule has 0 heterocycles. The van der Waals surface area contributed by atoms with Crippen LogP contribution in [0.15, 0.2) is 18.2 Å². The lowest BCUT2D eigenvalue weighted by Gasteiger charge is -2.29. The van der Waals surface area contributed by atoms with Gasteiger partial charge in [0.05, 0.1) is 6.61 Å². The summed E-state index contributed by atoms with van der Waals surface area (Å²) >= 11 is 0. The third-order valence-corrected chi connectivity index (χ3v) is 3.81. The third-order valence-electron chi connectivity index (χ3n) is 3.81. The number of benzene rings is 1. The summed E-state index contributed by atoms with van der Waals surface area (Å²) in [6.07, 6.45) is 2.05. The van der Waals surface area contributed by atoms with Crippen LogP contribution in [0.4, 0.5) is 4.39 Å². The van der Waals surface area contributed by atoms with Crippen molar-refractivity contribution in [1.29, 1.82) is 0 Å². The number of hydrogen-bond donors (Lipinski definition) is 1. The van der Waals surface area contributed by atoms with Crippen LogP contribution >= 0.6 is 0 Å². The van der Waals surface area contributed by atoms with Crippen LogP contribution < -0.4 is 5.32 Å². The van der Waals surface area contributed by atoms with Crippen molar-refractivity contribution in [1.82, 2.24) is 5.32 Å². The average molecular weight is 267 g/mol. The third kappa shape index (κ3) is 5.29. The maximum absolute atomic E-state index is 13.1. The van der Waals surface area contributed by atoms with E-state index in [-0.39, 0.29) is 11.2 Å². The van der Waals surface area contributed by atoms with Gasteiger partial charge in [-0.25, -0.2) is 4.39 Å². The molecule has 2 nitrogen and oxygen atoms in total. The molecule has 1 atom stereocenters. The molecule has 0 fully saturated rings. The van der Waals surface area contributed by atoms with Crippen molar-refractivity contribution >= 4 is 0 Å². The number of aryl methyl sites for hydroxylation is 1. The van der Waals surface area contributed by atoms with Crippen LogP contribution in [0.1, 0.15) is 31.4 Å². The van der Waals surface area contributed by atoms with Crippen molar-refractivity contribution in [2.75, 3.05) is 26.8 Å². The van der Waals surface area contributed by atoms with E-state index in [1.807, 2.05) is 13.0 Å². The molecule has 1 unspecified atom stereocenters. The monoisotopic (exact) mass is 267 g/mol. The predicted octanol–water partition coefficient (Wildman–Crippen LogP) is 3.33. The van der Waals surface area contributed by atoms with Crippen LogP contribution in [0.2, 0.25) is 0 Å². The molecular formula is C16H26FNO. The number of rotatable bonds is 8. The van der Waals surface area contributed by atoms with Crippen molar-refractivity contribution in [2.24, 2.45) is 5.41 Å². The Morgan fingerprint density at radius 2 is 2.11 bits per heavy atom. The quantitative estimate of drug-likeness (QED) is 0.729. The Labute approximate surface area is 116 Å². The Morgan fingerprint density at radius 3 is 2.68 bits per heavy atom. The molecule has 108 valence electrons. The summed E-state index contributed by atoms with van der Waals surface area (Å²) < 4.78 is 18.2. The van der Waals surface area contributed by atoms with Crippen LogP contribution in [0.25, 0.3) is 0 Å². The van der Waals surface area contributed by atoms with E-state index < -0.39 is 0 Å². The lowest BCUT2D eigenvalue weighted by molar-refractivity contribution is 0.191. The normalized spacial score (nSPS) is 14.4. The summed E-state index contributed by atoms with van der Waals surface area (Å²) in [5, 5.41) is 3.43. The summed E-state index contributed by atoms with van der Waals surface area (Å²) in [6.45, 7) is 9.01. The molecular weight excluding hydrogens is 241 g/mol. The van der Waals surface area contributed by atoms with Gasteiger partial charge in [-0.2, -0.15) is 0 Å². The van der Waals surface area contributed by atoms with Crippen molar-refractivity contribution in [3.05, 3.63) is 35.1 Å². The SMILES string of the molecule is CCC(C)(CNCCOC)Cc1ccc(F)cc1C. The van der Waals surface area contributed by atoms with Gasteiger partial charge in [0.15, 0.2) is 0 Å². The number of ether oxygens (including phenoxy) is 1. The fourth-order valence-corrected chi connectivity index (χ4v) is 2.19. The second-order valence-corrected chi connectivity index (χ2v) is 5.58. The van der Waals surface area contributed by atoms with Crippen LogP contribution in [-0.2, 0) is 11.2 Å². The van der Waals surface area contributed by atoms with E-state index >= 15 is 0 Å². The van der Waals surface area contributed by atoms with Crippen LogP contribution in [0.3, 0.4) is 0 Å². The summed E-state index contributed by atoms with van der Waals surface area (Å²) in [4.78, 5) is 0. The summed E-state index contributed by atoms with van der Waals surface area (Å²) in [5.41, 5.74) is 2.46. The minimum absolute atomic E-state index is 0.155. The second-order valence-electron chi connectivity index (χ2n) is 5.58. The first-order valence-electron chi connectivity index (χ1n) is 6.95. The van der Waals surface area contributed by atoms with Crippen LogP contribution in [-0.4, -0.2) is 26.8 Å². The summed E-state index contributed by atoms with van der Waals surface area (Å²) in [7, 11) is 1.71. The molecule has 0 saturated heterocycles. The van der Waals surface area contributed by atoms with Gasteiger partial charge in [-0.15, -0.1) is 0 Å². The molecule has 0 amide bonds. The molecule has 0 aliphatic heterocycles. The fraction of sp³-hybridized carbons (Fsp3) is 0.625. The Hall–Kier alpha value is -0.930. The van der Waals surface area contributed by atoms with Gasteiger partial charge in [0.25, 0.3) is 0 Å². The molecule has 1 rings (SSSR count). The Morgan fingerprint density at radius 1 is 1.37 bits per heavy atom. The molecule has 0 aliphatic carbocycles. The van der Waals surface area contributed by atoms with E-state index in [2.05, 4.69) is 19.2 Å². The van der Waals surface area contributed by atoms with Gasteiger partial charge < -0.3 is 10.1 Å². The van der Waals surface area contributed by atoms with Crippen molar-refractivity contribution in [3.63, 3.8) is 0 Å². The first-order chi connectivity index (χ1) is 9.00. The molecule has 3 heteroatoms. The van der Waals surface area contributed by atoms with E-state index in [1.54, 1.807) is 19.2 Å². The minimum Gasteiger partial charge on any atom is -0.383 e. The number of halogens is 1. The number of methoxy groups -OCH3 is 1. The highest BCUT2D eigenvalue weighted by atomic mass is 19.1. The number of nitrogens with one attached hydrogen (secondary N) is 1. The van der Waals surface area contributed by atoms with Gasteiger partial charge in [0, 0.05) is 20.2 Å². The van der Waals surface area contributed by atoms with Gasteiger partial charge in [0.1, 0.15) is 5.82 Å². The molecule has 1 aromatic rings. The van der Waals surface area contributed by atoms with E-state index in [1.165, 1.54) is 5.56 Å². The lowest BCUT2D eigenvalue weighted by atomic mass is 9.80. The molecule has 19 heavy (non-hydrogen) atoms.